The third-order valence-electron chi connectivity index (χ3n) is 7.11. The van der Waals surface area contributed by atoms with E-state index < -0.39 is 0 Å². The molecule has 0 unspecified atom stereocenters. The van der Waals surface area contributed by atoms with Gasteiger partial charge in [0.1, 0.15) is 23.8 Å². The van der Waals surface area contributed by atoms with Crippen molar-refractivity contribution in [3.8, 4) is 5.82 Å². The van der Waals surface area contributed by atoms with Crippen LogP contribution in [-0.2, 0) is 4.79 Å². The Labute approximate surface area is 205 Å². The molecule has 5 rings (SSSR count). The first-order valence-electron chi connectivity index (χ1n) is 12.2. The van der Waals surface area contributed by atoms with Crippen molar-refractivity contribution in [1.82, 2.24) is 24.4 Å². The predicted molar refractivity (Wildman–Crippen MR) is 134 cm³/mol. The first-order chi connectivity index (χ1) is 17.0. The highest BCUT2D eigenvalue weighted by Gasteiger charge is 2.31. The lowest BCUT2D eigenvalue weighted by Gasteiger charge is -2.39. The summed E-state index contributed by atoms with van der Waals surface area (Å²) in [5, 5.41) is 0. The van der Waals surface area contributed by atoms with E-state index in [1.165, 1.54) is 0 Å². The number of hydrogen-bond acceptors (Lipinski definition) is 7. The molecule has 1 amide bonds. The predicted octanol–water partition coefficient (Wildman–Crippen LogP) is 2.74. The molecule has 0 bridgehead atoms. The molecule has 35 heavy (non-hydrogen) atoms. The zero-order chi connectivity index (χ0) is 24.4. The number of carbonyl (C=O) groups is 2. The molecule has 2 aliphatic heterocycles. The molecule has 9 nitrogen and oxygen atoms in total. The number of imidazole rings is 1. The molecule has 2 aromatic heterocycles. The van der Waals surface area contributed by atoms with Crippen molar-refractivity contribution >= 4 is 23.2 Å². The second kappa shape index (κ2) is 9.85. The third kappa shape index (κ3) is 4.89. The Morgan fingerprint density at radius 1 is 0.857 bits per heavy atom. The number of aryl methyl sites for hydroxylation is 1. The summed E-state index contributed by atoms with van der Waals surface area (Å²) in [6, 6.07) is 9.73. The van der Waals surface area contributed by atoms with Crippen molar-refractivity contribution in [1.29, 1.82) is 0 Å². The molecular formula is C26H31N7O2. The quantitative estimate of drug-likeness (QED) is 0.527. The first-order valence-corrected chi connectivity index (χ1v) is 12.2. The van der Waals surface area contributed by atoms with Gasteiger partial charge in [0.2, 0.25) is 5.91 Å². The number of benzene rings is 1. The second-order valence-corrected chi connectivity index (χ2v) is 9.26. The van der Waals surface area contributed by atoms with E-state index in [1.807, 2.05) is 52.9 Å². The van der Waals surface area contributed by atoms with Crippen LogP contribution in [0.5, 0.6) is 0 Å². The zero-order valence-electron chi connectivity index (χ0n) is 20.3. The van der Waals surface area contributed by atoms with Crippen LogP contribution in [0.2, 0.25) is 0 Å². The SMILES string of the molecule is CC(=O)c1ccc(N2CCN(C(=O)C3CCN(c4cc(-n5ccnc5C)ncn4)CC3)CC2)cc1. The van der Waals surface area contributed by atoms with Crippen molar-refractivity contribution in [2.45, 2.75) is 26.7 Å². The average molecular weight is 474 g/mol. The minimum Gasteiger partial charge on any atom is -0.368 e. The topological polar surface area (TPSA) is 87.5 Å². The van der Waals surface area contributed by atoms with Gasteiger partial charge in [0.05, 0.1) is 0 Å². The first kappa shape index (κ1) is 23.0. The standard InChI is InChI=1S/C26H31N7O2/c1-19(34)21-3-5-23(6-4-21)30-13-15-32(16-14-30)26(35)22-7-10-31(11-8-22)24-17-25(29-18-28-24)33-12-9-27-20(33)2/h3-6,9,12,17-18,22H,7-8,10-11,13-16H2,1-2H3. The third-order valence-corrected chi connectivity index (χ3v) is 7.11. The van der Waals surface area contributed by atoms with E-state index in [4.69, 9.17) is 0 Å². The summed E-state index contributed by atoms with van der Waals surface area (Å²) in [5.74, 6) is 2.98. The van der Waals surface area contributed by atoms with Gasteiger partial charge in [0, 0.05) is 74.9 Å². The van der Waals surface area contributed by atoms with Crippen LogP contribution < -0.4 is 9.80 Å². The van der Waals surface area contributed by atoms with Gasteiger partial charge in [-0.15, -0.1) is 0 Å². The maximum absolute atomic E-state index is 13.2. The zero-order valence-corrected chi connectivity index (χ0v) is 20.3. The number of piperidine rings is 1. The van der Waals surface area contributed by atoms with Gasteiger partial charge in [-0.1, -0.05) is 0 Å². The van der Waals surface area contributed by atoms with Crippen molar-refractivity contribution in [3.63, 3.8) is 0 Å². The van der Waals surface area contributed by atoms with Gasteiger partial charge in [-0.05, 0) is 51.0 Å². The average Bonchev–Trinajstić information content (AvgIpc) is 3.34. The highest BCUT2D eigenvalue weighted by molar-refractivity contribution is 5.94. The Bertz CT molecular complexity index is 1190. The van der Waals surface area contributed by atoms with Crippen LogP contribution in [0.4, 0.5) is 11.5 Å². The molecule has 2 fully saturated rings. The monoisotopic (exact) mass is 473 g/mol. The number of nitrogens with zero attached hydrogens (tertiary/aromatic N) is 7. The van der Waals surface area contributed by atoms with Crippen LogP contribution in [0, 0.1) is 12.8 Å². The number of carbonyl (C=O) groups excluding carboxylic acids is 2. The fourth-order valence-electron chi connectivity index (χ4n) is 4.97. The summed E-state index contributed by atoms with van der Waals surface area (Å²) in [4.78, 5) is 44.4. The van der Waals surface area contributed by atoms with Gasteiger partial charge in [-0.3, -0.25) is 14.2 Å². The van der Waals surface area contributed by atoms with Gasteiger partial charge in [-0.2, -0.15) is 0 Å². The molecular weight excluding hydrogens is 442 g/mol. The molecule has 0 N–H and O–H groups in total. The number of ketones is 1. The number of Topliss-reactive ketones (excluding diaryl/α,β-unsaturated/α-hetero) is 1. The van der Waals surface area contributed by atoms with E-state index in [9.17, 15) is 9.59 Å². The lowest BCUT2D eigenvalue weighted by molar-refractivity contribution is -0.136. The van der Waals surface area contributed by atoms with Gasteiger partial charge < -0.3 is 14.7 Å². The van der Waals surface area contributed by atoms with Gasteiger partial charge in [-0.25, -0.2) is 15.0 Å². The number of rotatable bonds is 5. The van der Waals surface area contributed by atoms with Crippen LogP contribution in [0.1, 0.15) is 35.9 Å². The molecule has 1 aromatic carbocycles. The van der Waals surface area contributed by atoms with Crippen LogP contribution in [-0.4, -0.2) is 75.4 Å². The summed E-state index contributed by atoms with van der Waals surface area (Å²) in [6.07, 6.45) is 6.91. The summed E-state index contributed by atoms with van der Waals surface area (Å²) in [7, 11) is 0. The van der Waals surface area contributed by atoms with Crippen molar-refractivity contribution in [3.05, 3.63) is 60.4 Å². The lowest BCUT2D eigenvalue weighted by Crippen LogP contribution is -2.51. The molecule has 0 radical (unpaired) electrons. The normalized spacial score (nSPS) is 17.0. The molecule has 0 aliphatic carbocycles. The summed E-state index contributed by atoms with van der Waals surface area (Å²) in [6.45, 7) is 8.21. The Hall–Kier alpha value is -3.75. The summed E-state index contributed by atoms with van der Waals surface area (Å²) < 4.78 is 1.94. The Morgan fingerprint density at radius 2 is 1.54 bits per heavy atom. The lowest BCUT2D eigenvalue weighted by atomic mass is 9.95. The maximum Gasteiger partial charge on any atom is 0.225 e. The summed E-state index contributed by atoms with van der Waals surface area (Å²) in [5.41, 5.74) is 1.83. The van der Waals surface area contributed by atoms with Crippen molar-refractivity contribution < 1.29 is 9.59 Å². The van der Waals surface area contributed by atoms with Gasteiger partial charge in [0.25, 0.3) is 0 Å². The highest BCUT2D eigenvalue weighted by Crippen LogP contribution is 2.25. The Kier molecular flexibility index (Phi) is 6.48. The Morgan fingerprint density at radius 3 is 2.17 bits per heavy atom. The fourth-order valence-corrected chi connectivity index (χ4v) is 4.97. The number of hydrogen-bond donors (Lipinski definition) is 0. The van der Waals surface area contributed by atoms with Crippen LogP contribution in [0.15, 0.2) is 49.1 Å². The molecule has 3 aromatic rings. The van der Waals surface area contributed by atoms with E-state index >= 15 is 0 Å². The molecule has 2 saturated heterocycles. The second-order valence-electron chi connectivity index (χ2n) is 9.26. The minimum absolute atomic E-state index is 0.0600. The molecule has 4 heterocycles. The number of amides is 1. The fraction of sp³-hybridized carbons (Fsp3) is 0.423. The molecule has 0 saturated carbocycles. The number of anilines is 2. The van der Waals surface area contributed by atoms with Crippen LogP contribution >= 0.6 is 0 Å². The summed E-state index contributed by atoms with van der Waals surface area (Å²) >= 11 is 0. The van der Waals surface area contributed by atoms with Crippen molar-refractivity contribution in [2.24, 2.45) is 5.92 Å². The van der Waals surface area contributed by atoms with Crippen molar-refractivity contribution in [2.75, 3.05) is 49.1 Å². The number of aromatic nitrogens is 4. The van der Waals surface area contributed by atoms with E-state index in [0.29, 0.717) is 0 Å². The van der Waals surface area contributed by atoms with E-state index in [1.54, 1.807) is 19.4 Å². The smallest absolute Gasteiger partial charge is 0.225 e. The maximum atomic E-state index is 13.2. The molecule has 9 heteroatoms. The molecule has 0 spiro atoms. The Balaban J connectivity index is 1.14. The molecule has 182 valence electrons. The largest absolute Gasteiger partial charge is 0.368 e. The highest BCUT2D eigenvalue weighted by atomic mass is 16.2. The molecule has 2 aliphatic rings. The van der Waals surface area contributed by atoms with E-state index in [0.717, 1.165) is 80.8 Å². The van der Waals surface area contributed by atoms with Crippen LogP contribution in [0.25, 0.3) is 5.82 Å². The molecule has 0 atom stereocenters. The van der Waals surface area contributed by atoms with E-state index in [2.05, 4.69) is 24.8 Å². The van der Waals surface area contributed by atoms with E-state index in [-0.39, 0.29) is 17.6 Å². The van der Waals surface area contributed by atoms with Gasteiger partial charge in [0.15, 0.2) is 5.78 Å². The van der Waals surface area contributed by atoms with Crippen LogP contribution in [0.3, 0.4) is 0 Å². The minimum atomic E-state index is 0.0600. The van der Waals surface area contributed by atoms with Gasteiger partial charge >= 0.3 is 0 Å². The number of piperazine rings is 1.